The Kier molecular flexibility index (Phi) is 6.43. The van der Waals surface area contributed by atoms with Crippen LogP contribution in [0.2, 0.25) is 0 Å². The van der Waals surface area contributed by atoms with Gasteiger partial charge in [0.05, 0.1) is 0 Å². The van der Waals surface area contributed by atoms with E-state index in [-0.39, 0.29) is 0 Å². The third-order valence-electron chi connectivity index (χ3n) is 1.61. The molecule has 0 heterocycles. The second-order valence-electron chi connectivity index (χ2n) is 2.58. The van der Waals surface area contributed by atoms with Crippen LogP contribution in [0.4, 0.5) is 0 Å². The van der Waals surface area contributed by atoms with Gasteiger partial charge in [0.1, 0.15) is 0 Å². The van der Waals surface area contributed by atoms with Crippen molar-refractivity contribution in [2.45, 2.75) is 33.1 Å². The highest BCUT2D eigenvalue weighted by Crippen LogP contribution is 2.20. The summed E-state index contributed by atoms with van der Waals surface area (Å²) in [6.45, 7) is 12.2. The van der Waals surface area contributed by atoms with Crippen molar-refractivity contribution in [2.24, 2.45) is 0 Å². The van der Waals surface area contributed by atoms with Crippen molar-refractivity contribution >= 4 is 11.8 Å². The van der Waals surface area contributed by atoms with Crippen molar-refractivity contribution in [1.82, 2.24) is 0 Å². The Morgan fingerprint density at radius 3 is 2.27 bits per heavy atom. The molecule has 0 N–H and O–H groups in total. The van der Waals surface area contributed by atoms with Gasteiger partial charge >= 0.3 is 0 Å². The minimum atomic E-state index is 1.10. The van der Waals surface area contributed by atoms with Gasteiger partial charge in [0.2, 0.25) is 0 Å². The van der Waals surface area contributed by atoms with Crippen molar-refractivity contribution in [3.05, 3.63) is 23.6 Å². The molecule has 0 aromatic heterocycles. The van der Waals surface area contributed by atoms with Crippen LogP contribution in [0.5, 0.6) is 0 Å². The van der Waals surface area contributed by atoms with Crippen LogP contribution in [0.1, 0.15) is 33.1 Å². The first-order valence-electron chi connectivity index (χ1n) is 4.17. The molecule has 0 spiro atoms. The molecule has 0 aliphatic heterocycles. The Balaban J connectivity index is 3.38. The fourth-order valence-electron chi connectivity index (χ4n) is 0.769. The predicted molar refractivity (Wildman–Crippen MR) is 55.9 cm³/mol. The van der Waals surface area contributed by atoms with E-state index >= 15 is 0 Å². The largest absolute Gasteiger partial charge is 0.132 e. The molecule has 0 nitrogen and oxygen atoms in total. The van der Waals surface area contributed by atoms with E-state index in [2.05, 4.69) is 27.0 Å². The maximum absolute atomic E-state index is 3.97. The lowest BCUT2D eigenvalue weighted by Crippen LogP contribution is -1.81. The molecule has 0 rings (SSSR count). The van der Waals surface area contributed by atoms with Crippen LogP contribution in [0.15, 0.2) is 23.6 Å². The van der Waals surface area contributed by atoms with Gasteiger partial charge in [-0.05, 0) is 29.9 Å². The molecule has 0 radical (unpaired) electrons. The number of hydrogen-bond donors (Lipinski definition) is 0. The summed E-state index contributed by atoms with van der Waals surface area (Å²) in [7, 11) is 0. The quantitative estimate of drug-likeness (QED) is 0.543. The maximum Gasteiger partial charge on any atom is -0.00519 e. The summed E-state index contributed by atoms with van der Waals surface area (Å²) in [4.78, 5) is 1.29. The summed E-state index contributed by atoms with van der Waals surface area (Å²) in [6, 6.07) is 0. The van der Waals surface area contributed by atoms with Crippen molar-refractivity contribution < 1.29 is 0 Å². The zero-order valence-corrected chi connectivity index (χ0v) is 8.47. The molecule has 0 bridgehead atoms. The maximum atomic E-state index is 3.97. The monoisotopic (exact) mass is 170 g/mol. The molecule has 64 valence electrons. The summed E-state index contributed by atoms with van der Waals surface area (Å²) in [5.41, 5.74) is 1.34. The summed E-state index contributed by atoms with van der Waals surface area (Å²) in [6.07, 6.45) is 3.32. The Morgan fingerprint density at radius 1 is 1.18 bits per heavy atom. The minimum absolute atomic E-state index is 1.10. The zero-order chi connectivity index (χ0) is 8.69. The highest BCUT2D eigenvalue weighted by Gasteiger charge is 1.95. The Morgan fingerprint density at radius 2 is 1.82 bits per heavy atom. The normalized spacial score (nSPS) is 9.64. The van der Waals surface area contributed by atoms with Crippen molar-refractivity contribution in [3.8, 4) is 0 Å². The molecule has 0 aliphatic carbocycles. The third-order valence-corrected chi connectivity index (χ3v) is 2.51. The molecule has 0 aliphatic rings. The van der Waals surface area contributed by atoms with E-state index in [0.29, 0.717) is 0 Å². The molecule has 1 heteroatoms. The first kappa shape index (κ1) is 10.8. The lowest BCUT2D eigenvalue weighted by Gasteiger charge is -2.03. The van der Waals surface area contributed by atoms with Gasteiger partial charge in [0, 0.05) is 0 Å². The fourth-order valence-corrected chi connectivity index (χ4v) is 1.42. The molecule has 0 unspecified atom stereocenters. The van der Waals surface area contributed by atoms with Gasteiger partial charge in [-0.2, -0.15) is 0 Å². The molecule has 0 fully saturated rings. The van der Waals surface area contributed by atoms with Crippen LogP contribution >= 0.6 is 11.8 Å². The van der Waals surface area contributed by atoms with Crippen LogP contribution in [0, 0.1) is 0 Å². The smallest absolute Gasteiger partial charge is 0.00519 e. The van der Waals surface area contributed by atoms with Gasteiger partial charge in [-0.3, -0.25) is 0 Å². The summed E-state index contributed by atoms with van der Waals surface area (Å²) < 4.78 is 0. The molecule has 0 aromatic carbocycles. The van der Waals surface area contributed by atoms with Crippen molar-refractivity contribution in [1.29, 1.82) is 0 Å². The topological polar surface area (TPSA) is 0 Å². The first-order chi connectivity index (χ1) is 5.20. The van der Waals surface area contributed by atoms with Gasteiger partial charge in [-0.15, -0.1) is 11.8 Å². The van der Waals surface area contributed by atoms with Gasteiger partial charge in [-0.25, -0.2) is 0 Å². The second-order valence-corrected chi connectivity index (χ2v) is 4.02. The summed E-state index contributed by atoms with van der Waals surface area (Å²) in [5.74, 6) is 1.14. The van der Waals surface area contributed by atoms with E-state index < -0.39 is 0 Å². The van der Waals surface area contributed by atoms with Crippen LogP contribution in [0.3, 0.4) is 0 Å². The molecule has 0 atom stereocenters. The lowest BCUT2D eigenvalue weighted by atomic mass is 10.1. The Hall–Kier alpha value is -0.170. The third kappa shape index (κ3) is 6.24. The molecular weight excluding hydrogens is 152 g/mol. The standard InChI is InChI=1S/C10H18S/c1-5-9(3)7-8-10(4)11-6-2/h3-8H2,1-2H3. The van der Waals surface area contributed by atoms with Crippen LogP contribution in [0.25, 0.3) is 0 Å². The number of thioether (sulfide) groups is 1. The van der Waals surface area contributed by atoms with Crippen LogP contribution < -0.4 is 0 Å². The fraction of sp³-hybridized carbons (Fsp3) is 0.600. The second kappa shape index (κ2) is 6.53. The Bertz CT molecular complexity index is 136. The molecule has 0 amide bonds. The van der Waals surface area contributed by atoms with Gasteiger partial charge in [-0.1, -0.05) is 32.6 Å². The Labute approximate surface area is 74.8 Å². The number of allylic oxidation sites excluding steroid dienone is 2. The van der Waals surface area contributed by atoms with Crippen LogP contribution in [-0.4, -0.2) is 5.75 Å². The molecule has 11 heavy (non-hydrogen) atoms. The number of hydrogen-bond acceptors (Lipinski definition) is 1. The zero-order valence-electron chi connectivity index (χ0n) is 7.65. The van der Waals surface area contributed by atoms with Crippen molar-refractivity contribution in [2.75, 3.05) is 5.75 Å². The highest BCUT2D eigenvalue weighted by molar-refractivity contribution is 8.03. The molecule has 0 aromatic rings. The van der Waals surface area contributed by atoms with E-state index in [1.165, 1.54) is 10.5 Å². The average molecular weight is 170 g/mol. The van der Waals surface area contributed by atoms with Gasteiger partial charge in [0.25, 0.3) is 0 Å². The van der Waals surface area contributed by atoms with E-state index in [9.17, 15) is 0 Å². The molecule has 0 saturated carbocycles. The predicted octanol–water partition coefficient (Wildman–Crippen LogP) is 4.00. The van der Waals surface area contributed by atoms with Gasteiger partial charge in [0.15, 0.2) is 0 Å². The molecule has 0 saturated heterocycles. The lowest BCUT2D eigenvalue weighted by molar-refractivity contribution is 0.909. The van der Waals surface area contributed by atoms with E-state index in [0.717, 1.165) is 25.0 Å². The SMILES string of the molecule is C=C(CC)CCC(=C)SCC. The van der Waals surface area contributed by atoms with Gasteiger partial charge < -0.3 is 0 Å². The molecular formula is C10H18S. The van der Waals surface area contributed by atoms with Crippen molar-refractivity contribution in [3.63, 3.8) is 0 Å². The minimum Gasteiger partial charge on any atom is -0.132 e. The summed E-state index contributed by atoms with van der Waals surface area (Å²) in [5, 5.41) is 0. The average Bonchev–Trinajstić information content (AvgIpc) is 2.01. The number of rotatable bonds is 6. The van der Waals surface area contributed by atoms with E-state index in [1.54, 1.807) is 0 Å². The summed E-state index contributed by atoms with van der Waals surface area (Å²) >= 11 is 1.85. The first-order valence-corrected chi connectivity index (χ1v) is 5.16. The highest BCUT2D eigenvalue weighted by atomic mass is 32.2. The van der Waals surface area contributed by atoms with E-state index in [1.807, 2.05) is 11.8 Å². The van der Waals surface area contributed by atoms with Crippen LogP contribution in [-0.2, 0) is 0 Å². The van der Waals surface area contributed by atoms with E-state index in [4.69, 9.17) is 0 Å².